The van der Waals surface area contributed by atoms with E-state index in [0.29, 0.717) is 51.4 Å². The third-order valence-corrected chi connectivity index (χ3v) is 10.7. The fourth-order valence-corrected chi connectivity index (χ4v) is 6.49. The molecule has 0 unspecified atom stereocenters. The minimum atomic E-state index is -1.24. The summed E-state index contributed by atoms with van der Waals surface area (Å²) in [6.45, 7) is 12.3. The molecule has 0 aromatic heterocycles. The van der Waals surface area contributed by atoms with Gasteiger partial charge in [0.1, 0.15) is 52.9 Å². The molecule has 0 spiro atoms. The first kappa shape index (κ1) is 69.6. The summed E-state index contributed by atoms with van der Waals surface area (Å²) in [6, 6.07) is 0. The summed E-state index contributed by atoms with van der Waals surface area (Å²) in [5, 5.41) is 0. The maximum atomic E-state index is 12.7. The summed E-state index contributed by atoms with van der Waals surface area (Å²) in [4.78, 5) is 100.0. The SMILES string of the molecule is CCCC(=O)OCCOCC(COCCOCC(COCCOCC(COC(=O)CCC)(COC(=O)CCC)COC(=O)CCC)(COC(=O)CCC)COC(=O)CCC)(COC(=O)CCC)COC(=O)CCC. The summed E-state index contributed by atoms with van der Waals surface area (Å²) in [5.41, 5.74) is -3.61. The molecule has 21 heteroatoms. The summed E-state index contributed by atoms with van der Waals surface area (Å²) in [6.07, 6.45) is 5.79. The molecule has 0 heterocycles. The van der Waals surface area contributed by atoms with E-state index in [4.69, 9.17) is 61.6 Å². The fourth-order valence-electron chi connectivity index (χ4n) is 6.49. The van der Waals surface area contributed by atoms with Crippen LogP contribution in [0.1, 0.15) is 158 Å². The Labute approximate surface area is 439 Å². The average molecular weight is 1070 g/mol. The van der Waals surface area contributed by atoms with Crippen LogP contribution in [0.2, 0.25) is 0 Å². The lowest BCUT2D eigenvalue weighted by Gasteiger charge is -2.33. The van der Waals surface area contributed by atoms with Gasteiger partial charge in [-0.3, -0.25) is 38.4 Å². The summed E-state index contributed by atoms with van der Waals surface area (Å²) < 4.78 is 74.8. The highest BCUT2D eigenvalue weighted by molar-refractivity contribution is 5.72. The standard InChI is InChI=1S/C53H92O21/c1-9-17-43(54)67-30-29-66-34-52(38-70-46(57)20-12-4,39-71-47(58)21-13-5)33-63-26-25-62-31-51(36-68-44(55)18-10-2,37-69-45(56)19-11-3)32-64-27-28-65-35-53(40-72-48(59)22-14-6,41-73-49(60)23-15-7)42-74-50(61)24-16-8/h9-42H2,1-8H3. The van der Waals surface area contributed by atoms with Crippen LogP contribution in [0.5, 0.6) is 0 Å². The molecule has 0 aromatic rings. The maximum absolute atomic E-state index is 12.7. The molecule has 0 amide bonds. The monoisotopic (exact) mass is 1060 g/mol. The third-order valence-electron chi connectivity index (χ3n) is 10.7. The highest BCUT2D eigenvalue weighted by Crippen LogP contribution is 2.25. The van der Waals surface area contributed by atoms with Gasteiger partial charge in [0.25, 0.3) is 0 Å². The Balaban J connectivity index is 6.39. The van der Waals surface area contributed by atoms with Crippen molar-refractivity contribution in [2.45, 2.75) is 158 Å². The minimum Gasteiger partial charge on any atom is -0.465 e. The maximum Gasteiger partial charge on any atom is 0.305 e. The number of carbonyl (C=O) groups excluding carboxylic acids is 8. The van der Waals surface area contributed by atoms with Gasteiger partial charge in [0, 0.05) is 51.4 Å². The van der Waals surface area contributed by atoms with Crippen molar-refractivity contribution in [3.63, 3.8) is 0 Å². The van der Waals surface area contributed by atoms with Gasteiger partial charge in [-0.1, -0.05) is 55.4 Å². The molecule has 430 valence electrons. The zero-order valence-corrected chi connectivity index (χ0v) is 46.1. The van der Waals surface area contributed by atoms with Crippen LogP contribution in [0.15, 0.2) is 0 Å². The van der Waals surface area contributed by atoms with Gasteiger partial charge >= 0.3 is 47.8 Å². The lowest BCUT2D eigenvalue weighted by Crippen LogP contribution is -2.44. The predicted molar refractivity (Wildman–Crippen MR) is 268 cm³/mol. The first-order valence-electron chi connectivity index (χ1n) is 26.7. The van der Waals surface area contributed by atoms with Crippen molar-refractivity contribution in [2.75, 3.05) is 119 Å². The molecule has 0 saturated heterocycles. The third kappa shape index (κ3) is 34.9. The quantitative estimate of drug-likeness (QED) is 0.0346. The van der Waals surface area contributed by atoms with E-state index in [1.165, 1.54) is 0 Å². The van der Waals surface area contributed by atoms with Crippen LogP contribution in [-0.2, 0) is 99.9 Å². The van der Waals surface area contributed by atoms with Crippen molar-refractivity contribution < 1.29 is 99.9 Å². The van der Waals surface area contributed by atoms with Crippen LogP contribution in [0, 0.1) is 16.2 Å². The molecule has 0 aliphatic rings. The molecular formula is C53H92O21. The Morgan fingerprint density at radius 3 is 0.541 bits per heavy atom. The molecule has 0 aliphatic carbocycles. The van der Waals surface area contributed by atoms with E-state index >= 15 is 0 Å². The van der Waals surface area contributed by atoms with Crippen molar-refractivity contribution in [3.8, 4) is 0 Å². The Morgan fingerprint density at radius 1 is 0.216 bits per heavy atom. The molecule has 0 aliphatic heterocycles. The number of carbonyl (C=O) groups is 8. The second-order valence-corrected chi connectivity index (χ2v) is 18.6. The lowest BCUT2D eigenvalue weighted by molar-refractivity contribution is -0.171. The first-order chi connectivity index (χ1) is 35.6. The second-order valence-electron chi connectivity index (χ2n) is 18.6. The molecular weight excluding hydrogens is 973 g/mol. The molecule has 0 saturated carbocycles. The number of hydrogen-bond acceptors (Lipinski definition) is 21. The van der Waals surface area contributed by atoms with Crippen molar-refractivity contribution in [2.24, 2.45) is 16.2 Å². The van der Waals surface area contributed by atoms with E-state index in [-0.39, 0.29) is 176 Å². The molecule has 0 atom stereocenters. The fraction of sp³-hybridized carbons (Fsp3) is 0.849. The van der Waals surface area contributed by atoms with E-state index in [9.17, 15) is 38.4 Å². The zero-order valence-electron chi connectivity index (χ0n) is 46.1. The van der Waals surface area contributed by atoms with Crippen LogP contribution >= 0.6 is 0 Å². The van der Waals surface area contributed by atoms with Gasteiger partial charge in [-0.25, -0.2) is 0 Å². The number of rotatable bonds is 49. The number of ether oxygens (including phenoxy) is 13. The predicted octanol–water partition coefficient (Wildman–Crippen LogP) is 6.78. The zero-order chi connectivity index (χ0) is 55.4. The van der Waals surface area contributed by atoms with E-state index in [2.05, 4.69) is 0 Å². The van der Waals surface area contributed by atoms with Crippen LogP contribution in [0.3, 0.4) is 0 Å². The van der Waals surface area contributed by atoms with Gasteiger partial charge in [-0.2, -0.15) is 0 Å². The molecule has 21 nitrogen and oxygen atoms in total. The molecule has 0 rings (SSSR count). The van der Waals surface area contributed by atoms with E-state index in [1.807, 2.05) is 55.4 Å². The van der Waals surface area contributed by atoms with Gasteiger partial charge < -0.3 is 61.6 Å². The molecule has 0 bridgehead atoms. The van der Waals surface area contributed by atoms with Crippen LogP contribution in [-0.4, -0.2) is 167 Å². The molecule has 74 heavy (non-hydrogen) atoms. The topological polar surface area (TPSA) is 257 Å². The Hall–Kier alpha value is -4.44. The number of hydrogen-bond donors (Lipinski definition) is 0. The van der Waals surface area contributed by atoms with Crippen molar-refractivity contribution in [3.05, 3.63) is 0 Å². The van der Waals surface area contributed by atoms with Gasteiger partial charge in [-0.15, -0.1) is 0 Å². The lowest BCUT2D eigenvalue weighted by atomic mass is 9.92. The van der Waals surface area contributed by atoms with Crippen molar-refractivity contribution >= 4 is 47.8 Å². The Bertz CT molecular complexity index is 1470. The van der Waals surface area contributed by atoms with Gasteiger partial charge in [0.2, 0.25) is 0 Å². The van der Waals surface area contributed by atoms with E-state index in [1.54, 1.807) is 0 Å². The smallest absolute Gasteiger partial charge is 0.305 e. The second kappa shape index (κ2) is 43.8. The van der Waals surface area contributed by atoms with Crippen LogP contribution in [0.25, 0.3) is 0 Å². The van der Waals surface area contributed by atoms with Crippen molar-refractivity contribution in [1.82, 2.24) is 0 Å². The van der Waals surface area contributed by atoms with Crippen LogP contribution in [0.4, 0.5) is 0 Å². The summed E-state index contributed by atoms with van der Waals surface area (Å²) in [5.74, 6) is -3.64. The molecule has 0 radical (unpaired) electrons. The van der Waals surface area contributed by atoms with E-state index < -0.39 is 58.0 Å². The Kier molecular flexibility index (Phi) is 41.1. The Morgan fingerprint density at radius 2 is 0.365 bits per heavy atom. The molecule has 0 aromatic carbocycles. The first-order valence-corrected chi connectivity index (χ1v) is 26.7. The van der Waals surface area contributed by atoms with Gasteiger partial charge in [0.05, 0.1) is 82.3 Å². The van der Waals surface area contributed by atoms with E-state index in [0.717, 1.165) is 0 Å². The normalized spacial score (nSPS) is 11.6. The van der Waals surface area contributed by atoms with Crippen molar-refractivity contribution in [1.29, 1.82) is 0 Å². The highest BCUT2D eigenvalue weighted by Gasteiger charge is 2.39. The van der Waals surface area contributed by atoms with Crippen LogP contribution < -0.4 is 0 Å². The molecule has 0 N–H and O–H groups in total. The largest absolute Gasteiger partial charge is 0.465 e. The summed E-state index contributed by atoms with van der Waals surface area (Å²) in [7, 11) is 0. The summed E-state index contributed by atoms with van der Waals surface area (Å²) >= 11 is 0. The average Bonchev–Trinajstić information content (AvgIpc) is 3.36. The number of esters is 8. The highest BCUT2D eigenvalue weighted by atomic mass is 16.6. The molecule has 0 fully saturated rings. The minimum absolute atomic E-state index is 0.0110. The van der Waals surface area contributed by atoms with Gasteiger partial charge in [-0.05, 0) is 51.4 Å². The van der Waals surface area contributed by atoms with Gasteiger partial charge in [0.15, 0.2) is 0 Å².